The van der Waals surface area contributed by atoms with Gasteiger partial charge in [0.25, 0.3) is 5.91 Å². The summed E-state index contributed by atoms with van der Waals surface area (Å²) in [5, 5.41) is 16.0. The van der Waals surface area contributed by atoms with Crippen molar-refractivity contribution in [2.45, 2.75) is 6.92 Å². The van der Waals surface area contributed by atoms with E-state index in [1.165, 1.54) is 19.2 Å². The van der Waals surface area contributed by atoms with E-state index in [-0.39, 0.29) is 17.6 Å². The van der Waals surface area contributed by atoms with Crippen molar-refractivity contribution in [3.8, 4) is 5.75 Å². The van der Waals surface area contributed by atoms with Crippen molar-refractivity contribution in [2.24, 2.45) is 5.10 Å². The first-order valence-electron chi connectivity index (χ1n) is 6.55. The third-order valence-corrected chi connectivity index (χ3v) is 2.77. The Morgan fingerprint density at radius 2 is 1.77 bits per heavy atom. The van der Waals surface area contributed by atoms with E-state index in [2.05, 4.69) is 15.8 Å². The van der Waals surface area contributed by atoms with Gasteiger partial charge in [0.15, 0.2) is 0 Å². The van der Waals surface area contributed by atoms with E-state index in [9.17, 15) is 14.7 Å². The van der Waals surface area contributed by atoms with Gasteiger partial charge in [-0.3, -0.25) is 9.59 Å². The van der Waals surface area contributed by atoms with Gasteiger partial charge in [-0.15, -0.1) is 0 Å². The number of aromatic hydroxyl groups is 1. The average Bonchev–Trinajstić information content (AvgIpc) is 2.49. The summed E-state index contributed by atoms with van der Waals surface area (Å²) in [6.45, 7) is 1.41. The number of anilines is 1. The normalized spacial score (nSPS) is 10.4. The molecule has 0 saturated heterocycles. The Balaban J connectivity index is 1.97. The summed E-state index contributed by atoms with van der Waals surface area (Å²) in [5.74, 6) is -0.481. The van der Waals surface area contributed by atoms with Gasteiger partial charge in [-0.25, -0.2) is 5.43 Å². The van der Waals surface area contributed by atoms with Crippen molar-refractivity contribution < 1.29 is 14.7 Å². The molecule has 0 fully saturated rings. The minimum absolute atomic E-state index is 0.0835. The predicted octanol–water partition coefficient (Wildman–Crippen LogP) is 2.11. The van der Waals surface area contributed by atoms with Crippen LogP contribution in [-0.4, -0.2) is 23.1 Å². The minimum Gasteiger partial charge on any atom is -0.507 e. The van der Waals surface area contributed by atoms with Gasteiger partial charge in [-0.1, -0.05) is 12.1 Å². The molecule has 0 bridgehead atoms. The maximum absolute atomic E-state index is 11.9. The highest BCUT2D eigenvalue weighted by Crippen LogP contribution is 2.12. The van der Waals surface area contributed by atoms with Gasteiger partial charge in [0, 0.05) is 23.7 Å². The molecule has 0 heterocycles. The van der Waals surface area contributed by atoms with E-state index in [4.69, 9.17) is 0 Å². The summed E-state index contributed by atoms with van der Waals surface area (Å²) in [7, 11) is 0. The lowest BCUT2D eigenvalue weighted by Gasteiger charge is -2.03. The van der Waals surface area contributed by atoms with Crippen LogP contribution in [0.3, 0.4) is 0 Å². The van der Waals surface area contributed by atoms with Gasteiger partial charge in [0.1, 0.15) is 5.75 Å². The summed E-state index contributed by atoms with van der Waals surface area (Å²) < 4.78 is 0. The number of amides is 2. The van der Waals surface area contributed by atoms with E-state index in [0.29, 0.717) is 16.8 Å². The molecule has 3 N–H and O–H groups in total. The van der Waals surface area contributed by atoms with E-state index >= 15 is 0 Å². The van der Waals surface area contributed by atoms with Crippen LogP contribution >= 0.6 is 0 Å². The van der Waals surface area contributed by atoms with Crippen LogP contribution in [0.4, 0.5) is 5.69 Å². The predicted molar refractivity (Wildman–Crippen MR) is 83.9 cm³/mol. The zero-order chi connectivity index (χ0) is 15.9. The summed E-state index contributed by atoms with van der Waals surface area (Å²) in [5.41, 5.74) is 3.89. The smallest absolute Gasteiger partial charge is 0.271 e. The lowest BCUT2D eigenvalue weighted by Crippen LogP contribution is -2.17. The molecule has 0 aliphatic carbocycles. The molecule has 6 nitrogen and oxygen atoms in total. The fourth-order valence-electron chi connectivity index (χ4n) is 1.73. The Morgan fingerprint density at radius 1 is 1.09 bits per heavy atom. The second-order valence-electron chi connectivity index (χ2n) is 4.52. The number of rotatable bonds is 4. The molecule has 0 spiro atoms. The van der Waals surface area contributed by atoms with Crippen molar-refractivity contribution in [1.29, 1.82) is 0 Å². The Labute approximate surface area is 127 Å². The number of nitrogens with zero attached hydrogens (tertiary/aromatic N) is 1. The lowest BCUT2D eigenvalue weighted by molar-refractivity contribution is -0.114. The largest absolute Gasteiger partial charge is 0.507 e. The number of carbonyl (C=O) groups excluding carboxylic acids is 2. The number of benzene rings is 2. The zero-order valence-corrected chi connectivity index (χ0v) is 11.9. The van der Waals surface area contributed by atoms with E-state index in [1.807, 2.05) is 0 Å². The quantitative estimate of drug-likeness (QED) is 0.596. The SMILES string of the molecule is CC(=O)Nc1ccc(C(=O)N/N=C\c2ccccc2O)cc1. The first-order chi connectivity index (χ1) is 10.6. The zero-order valence-electron chi connectivity index (χ0n) is 11.9. The van der Waals surface area contributed by atoms with Crippen molar-refractivity contribution in [3.63, 3.8) is 0 Å². The highest BCUT2D eigenvalue weighted by Gasteiger charge is 2.04. The monoisotopic (exact) mass is 297 g/mol. The summed E-state index contributed by atoms with van der Waals surface area (Å²) in [6, 6.07) is 13.1. The van der Waals surface area contributed by atoms with Gasteiger partial charge in [-0.05, 0) is 36.4 Å². The third kappa shape index (κ3) is 4.17. The number of hydrogen-bond donors (Lipinski definition) is 3. The highest BCUT2D eigenvalue weighted by molar-refractivity contribution is 5.96. The summed E-state index contributed by atoms with van der Waals surface area (Å²) >= 11 is 0. The molecular formula is C16H15N3O3. The topological polar surface area (TPSA) is 90.8 Å². The number of carbonyl (C=O) groups is 2. The van der Waals surface area contributed by atoms with Gasteiger partial charge in [0.2, 0.25) is 5.91 Å². The number of phenolic OH excluding ortho intramolecular Hbond substituents is 1. The number of para-hydroxylation sites is 1. The van der Waals surface area contributed by atoms with E-state index < -0.39 is 0 Å². The molecule has 112 valence electrons. The van der Waals surface area contributed by atoms with Crippen molar-refractivity contribution >= 4 is 23.7 Å². The minimum atomic E-state index is -0.388. The molecule has 2 amide bonds. The van der Waals surface area contributed by atoms with Crippen molar-refractivity contribution in [2.75, 3.05) is 5.32 Å². The molecule has 6 heteroatoms. The Bertz CT molecular complexity index is 709. The van der Waals surface area contributed by atoms with Crippen LogP contribution in [0.15, 0.2) is 53.6 Å². The molecule has 2 aromatic rings. The molecule has 0 atom stereocenters. The van der Waals surface area contributed by atoms with Crippen LogP contribution in [0.5, 0.6) is 5.75 Å². The molecule has 2 rings (SSSR count). The van der Waals surface area contributed by atoms with Gasteiger partial charge in [-0.2, -0.15) is 5.10 Å². The number of phenols is 1. The number of nitrogens with one attached hydrogen (secondary N) is 2. The highest BCUT2D eigenvalue weighted by atomic mass is 16.3. The fourth-order valence-corrected chi connectivity index (χ4v) is 1.73. The van der Waals surface area contributed by atoms with Gasteiger partial charge >= 0.3 is 0 Å². The second kappa shape index (κ2) is 7.03. The maximum Gasteiger partial charge on any atom is 0.271 e. The van der Waals surface area contributed by atoms with Crippen LogP contribution in [0, 0.1) is 0 Å². The number of hydrazone groups is 1. The Kier molecular flexibility index (Phi) is 4.87. The van der Waals surface area contributed by atoms with Crippen LogP contribution in [0.2, 0.25) is 0 Å². The molecule has 22 heavy (non-hydrogen) atoms. The van der Waals surface area contributed by atoms with Crippen LogP contribution in [-0.2, 0) is 4.79 Å². The van der Waals surface area contributed by atoms with Crippen LogP contribution in [0.25, 0.3) is 0 Å². The average molecular weight is 297 g/mol. The molecular weight excluding hydrogens is 282 g/mol. The third-order valence-electron chi connectivity index (χ3n) is 2.77. The second-order valence-corrected chi connectivity index (χ2v) is 4.52. The van der Waals surface area contributed by atoms with Gasteiger partial charge < -0.3 is 10.4 Å². The molecule has 2 aromatic carbocycles. The standard InChI is InChI=1S/C16H15N3O3/c1-11(20)18-14-8-6-12(7-9-14)16(22)19-17-10-13-4-2-3-5-15(13)21/h2-10,21H,1H3,(H,18,20)(H,19,22)/b17-10-. The molecule has 0 radical (unpaired) electrons. The lowest BCUT2D eigenvalue weighted by atomic mass is 10.2. The molecule has 0 aliphatic rings. The first kappa shape index (κ1) is 15.2. The first-order valence-corrected chi connectivity index (χ1v) is 6.55. The molecule has 0 aromatic heterocycles. The fraction of sp³-hybridized carbons (Fsp3) is 0.0625. The summed E-state index contributed by atoms with van der Waals surface area (Å²) in [6.07, 6.45) is 1.36. The Morgan fingerprint density at radius 3 is 2.41 bits per heavy atom. The maximum atomic E-state index is 11.9. The van der Waals surface area contributed by atoms with Crippen molar-refractivity contribution in [1.82, 2.24) is 5.43 Å². The van der Waals surface area contributed by atoms with E-state index in [0.717, 1.165) is 0 Å². The molecule has 0 unspecified atom stereocenters. The van der Waals surface area contributed by atoms with Crippen molar-refractivity contribution in [3.05, 3.63) is 59.7 Å². The van der Waals surface area contributed by atoms with Gasteiger partial charge in [0.05, 0.1) is 6.21 Å². The number of hydrogen-bond acceptors (Lipinski definition) is 4. The molecule has 0 aliphatic heterocycles. The van der Waals surface area contributed by atoms with Crippen LogP contribution in [0.1, 0.15) is 22.8 Å². The Hall–Kier alpha value is -3.15. The van der Waals surface area contributed by atoms with E-state index in [1.54, 1.807) is 42.5 Å². The molecule has 0 saturated carbocycles. The summed E-state index contributed by atoms with van der Waals surface area (Å²) in [4.78, 5) is 22.8. The van der Waals surface area contributed by atoms with Crippen LogP contribution < -0.4 is 10.7 Å².